The molecule has 3 aliphatic rings. The molecule has 0 amide bonds. The molecule has 0 unspecified atom stereocenters. The molecule has 2 atom stereocenters. The molecule has 7 heteroatoms. The van der Waals surface area contributed by atoms with E-state index in [0.29, 0.717) is 6.61 Å². The maximum absolute atomic E-state index is 12.2. The Morgan fingerprint density at radius 1 is 1.29 bits per heavy atom. The number of aromatic nitrogens is 1. The van der Waals surface area contributed by atoms with Crippen molar-refractivity contribution in [1.82, 2.24) is 14.6 Å². The van der Waals surface area contributed by atoms with Crippen molar-refractivity contribution < 1.29 is 13.2 Å². The molecule has 132 valence electrons. The number of hydrogen-bond acceptors (Lipinski definition) is 5. The molecule has 0 aromatic carbocycles. The van der Waals surface area contributed by atoms with Gasteiger partial charge in [0.1, 0.15) is 0 Å². The van der Waals surface area contributed by atoms with Crippen LogP contribution in [0.2, 0.25) is 0 Å². The van der Waals surface area contributed by atoms with Crippen LogP contribution >= 0.6 is 0 Å². The van der Waals surface area contributed by atoms with Crippen LogP contribution in [-0.4, -0.2) is 54.9 Å². The zero-order chi connectivity index (χ0) is 16.6. The van der Waals surface area contributed by atoms with E-state index in [0.717, 1.165) is 51.7 Å². The van der Waals surface area contributed by atoms with Gasteiger partial charge in [0.2, 0.25) is 10.0 Å². The van der Waals surface area contributed by atoms with Crippen molar-refractivity contribution in [1.29, 1.82) is 0 Å². The molecule has 4 rings (SSSR count). The average molecular weight is 351 g/mol. The molecule has 0 radical (unpaired) electrons. The van der Waals surface area contributed by atoms with Crippen molar-refractivity contribution in [3.63, 3.8) is 0 Å². The van der Waals surface area contributed by atoms with E-state index in [1.54, 1.807) is 0 Å². The lowest BCUT2D eigenvalue weighted by Gasteiger charge is -2.38. The molecule has 3 fully saturated rings. The summed E-state index contributed by atoms with van der Waals surface area (Å²) in [5.41, 5.74) is 1.06. The Kier molecular flexibility index (Phi) is 4.36. The summed E-state index contributed by atoms with van der Waals surface area (Å²) in [6.07, 6.45) is 7.79. The summed E-state index contributed by atoms with van der Waals surface area (Å²) in [5, 5.41) is -0.150. The predicted octanol–water partition coefficient (Wildman–Crippen LogP) is 1.29. The number of nitrogens with one attached hydrogen (secondary N) is 1. The fourth-order valence-electron chi connectivity index (χ4n) is 3.93. The Morgan fingerprint density at radius 3 is 2.83 bits per heavy atom. The minimum Gasteiger partial charge on any atom is -0.373 e. The topological polar surface area (TPSA) is 71.5 Å². The van der Waals surface area contributed by atoms with Crippen LogP contribution in [0.15, 0.2) is 24.5 Å². The van der Waals surface area contributed by atoms with Crippen LogP contribution in [0, 0.1) is 0 Å². The fourth-order valence-corrected chi connectivity index (χ4v) is 5.54. The number of likely N-dealkylation sites (tertiary alicyclic amines) is 1. The molecule has 1 spiro atoms. The lowest BCUT2D eigenvalue weighted by atomic mass is 9.90. The van der Waals surface area contributed by atoms with Crippen LogP contribution in [0.1, 0.15) is 37.7 Å². The highest BCUT2D eigenvalue weighted by atomic mass is 32.2. The minimum atomic E-state index is -3.12. The van der Waals surface area contributed by atoms with Gasteiger partial charge in [-0.15, -0.1) is 0 Å². The third-order valence-corrected chi connectivity index (χ3v) is 7.35. The Morgan fingerprint density at radius 2 is 2.08 bits per heavy atom. The third kappa shape index (κ3) is 3.64. The Labute approximate surface area is 143 Å². The number of ether oxygens (including phenoxy) is 1. The second-order valence-corrected chi connectivity index (χ2v) is 9.39. The molecule has 1 N–H and O–H groups in total. The normalized spacial score (nSPS) is 31.6. The monoisotopic (exact) mass is 351 g/mol. The van der Waals surface area contributed by atoms with Gasteiger partial charge in [-0.25, -0.2) is 13.1 Å². The van der Waals surface area contributed by atoms with Gasteiger partial charge in [-0.1, -0.05) is 0 Å². The maximum atomic E-state index is 12.2. The highest BCUT2D eigenvalue weighted by molar-refractivity contribution is 7.90. The van der Waals surface area contributed by atoms with Crippen LogP contribution in [-0.2, 0) is 21.3 Å². The Bertz CT molecular complexity index is 678. The number of rotatable bonds is 5. The first-order valence-electron chi connectivity index (χ1n) is 8.81. The molecule has 3 heterocycles. The second-order valence-electron chi connectivity index (χ2n) is 7.40. The van der Waals surface area contributed by atoms with Crippen molar-refractivity contribution in [2.24, 2.45) is 0 Å². The average Bonchev–Trinajstić information content (AvgIpc) is 3.34. The van der Waals surface area contributed by atoms with Gasteiger partial charge in [0, 0.05) is 44.7 Å². The van der Waals surface area contributed by atoms with Crippen LogP contribution in [0.25, 0.3) is 0 Å². The minimum absolute atomic E-state index is 0.0187. The van der Waals surface area contributed by atoms with E-state index in [1.807, 2.05) is 24.5 Å². The van der Waals surface area contributed by atoms with Crippen LogP contribution in [0.3, 0.4) is 0 Å². The third-order valence-electron chi connectivity index (χ3n) is 5.34. The van der Waals surface area contributed by atoms with E-state index in [1.165, 1.54) is 5.56 Å². The quantitative estimate of drug-likeness (QED) is 0.865. The molecule has 2 saturated heterocycles. The summed E-state index contributed by atoms with van der Waals surface area (Å²) >= 11 is 0. The second kappa shape index (κ2) is 6.37. The molecule has 1 aromatic rings. The summed E-state index contributed by atoms with van der Waals surface area (Å²) in [6.45, 7) is 3.40. The fraction of sp³-hybridized carbons (Fsp3) is 0.706. The van der Waals surface area contributed by atoms with Crippen LogP contribution in [0.4, 0.5) is 0 Å². The van der Waals surface area contributed by atoms with Gasteiger partial charge in [0.25, 0.3) is 0 Å². The van der Waals surface area contributed by atoms with E-state index in [2.05, 4.69) is 14.6 Å². The first-order valence-corrected chi connectivity index (χ1v) is 10.4. The first kappa shape index (κ1) is 16.4. The number of hydrogen-bond donors (Lipinski definition) is 1. The lowest BCUT2D eigenvalue weighted by molar-refractivity contribution is -0.0779. The molecule has 1 aromatic heterocycles. The number of nitrogens with zero attached hydrogens (tertiary/aromatic N) is 2. The Balaban J connectivity index is 1.37. The maximum Gasteiger partial charge on any atom is 0.214 e. The van der Waals surface area contributed by atoms with E-state index < -0.39 is 10.0 Å². The SMILES string of the molecule is O=S(=O)(N[C@H]1CCO[C@@]2(CCN(Cc3ccncc3)C2)C1)C1CC1. The van der Waals surface area contributed by atoms with E-state index in [9.17, 15) is 8.42 Å². The van der Waals surface area contributed by atoms with Crippen molar-refractivity contribution in [3.05, 3.63) is 30.1 Å². The van der Waals surface area contributed by atoms with Crippen LogP contribution in [0.5, 0.6) is 0 Å². The highest BCUT2D eigenvalue weighted by Gasteiger charge is 2.45. The van der Waals surface area contributed by atoms with Crippen molar-refractivity contribution >= 4 is 10.0 Å². The first-order chi connectivity index (χ1) is 11.5. The summed E-state index contributed by atoms with van der Waals surface area (Å²) in [6, 6.07) is 4.10. The van der Waals surface area contributed by atoms with Crippen molar-refractivity contribution in [3.8, 4) is 0 Å². The summed E-state index contributed by atoms with van der Waals surface area (Å²) in [5.74, 6) is 0. The van der Waals surface area contributed by atoms with Crippen molar-refractivity contribution in [2.45, 2.75) is 55.5 Å². The number of sulfonamides is 1. The molecule has 6 nitrogen and oxygen atoms in total. The van der Waals surface area contributed by atoms with Gasteiger partial charge in [-0.05, 0) is 49.8 Å². The Hall–Kier alpha value is -1.02. The van der Waals surface area contributed by atoms with Gasteiger partial charge in [-0.2, -0.15) is 0 Å². The van der Waals surface area contributed by atoms with E-state index >= 15 is 0 Å². The zero-order valence-electron chi connectivity index (χ0n) is 13.9. The molecular formula is C17H25N3O3S. The predicted molar refractivity (Wildman–Crippen MR) is 90.9 cm³/mol. The van der Waals surface area contributed by atoms with Gasteiger partial charge in [0.15, 0.2) is 0 Å². The lowest BCUT2D eigenvalue weighted by Crippen LogP contribution is -2.50. The molecule has 1 saturated carbocycles. The van der Waals surface area contributed by atoms with Gasteiger partial charge in [0.05, 0.1) is 10.9 Å². The number of pyridine rings is 1. The molecule has 24 heavy (non-hydrogen) atoms. The van der Waals surface area contributed by atoms with Gasteiger partial charge in [-0.3, -0.25) is 9.88 Å². The van der Waals surface area contributed by atoms with Gasteiger partial charge < -0.3 is 4.74 Å². The summed E-state index contributed by atoms with van der Waals surface area (Å²) < 4.78 is 33.5. The van der Waals surface area contributed by atoms with Gasteiger partial charge >= 0.3 is 0 Å². The summed E-state index contributed by atoms with van der Waals surface area (Å²) in [4.78, 5) is 6.45. The molecule has 0 bridgehead atoms. The molecule has 1 aliphatic carbocycles. The van der Waals surface area contributed by atoms with E-state index in [-0.39, 0.29) is 16.9 Å². The van der Waals surface area contributed by atoms with Crippen LogP contribution < -0.4 is 4.72 Å². The van der Waals surface area contributed by atoms with Crippen molar-refractivity contribution in [2.75, 3.05) is 19.7 Å². The zero-order valence-corrected chi connectivity index (χ0v) is 14.7. The summed E-state index contributed by atoms with van der Waals surface area (Å²) in [7, 11) is -3.12. The molecular weight excluding hydrogens is 326 g/mol. The smallest absolute Gasteiger partial charge is 0.214 e. The highest BCUT2D eigenvalue weighted by Crippen LogP contribution is 2.36. The van der Waals surface area contributed by atoms with E-state index in [4.69, 9.17) is 4.74 Å². The molecule has 2 aliphatic heterocycles. The largest absolute Gasteiger partial charge is 0.373 e. The standard InChI is InChI=1S/C17H25N3O3S/c21-24(22,16-1-2-16)19-15-5-10-23-17(11-15)6-9-20(13-17)12-14-3-7-18-8-4-14/h3-4,7-8,15-16,19H,1-2,5-6,9-13H2/t15-,17-/m0/s1.